The average molecular weight is 285 g/mol. The van der Waals surface area contributed by atoms with E-state index >= 15 is 0 Å². The van der Waals surface area contributed by atoms with E-state index in [0.29, 0.717) is 0 Å². The molecule has 0 aromatic carbocycles. The number of rotatable bonds is 0. The van der Waals surface area contributed by atoms with Crippen LogP contribution in [0.15, 0.2) is 0 Å². The predicted molar refractivity (Wildman–Crippen MR) is 9.94 cm³/mol. The minimum atomic E-state index is 0. The van der Waals surface area contributed by atoms with Crippen molar-refractivity contribution in [2.45, 2.75) is 0 Å². The minimum Gasteiger partial charge on any atom is -0.0125 e. The van der Waals surface area contributed by atoms with Gasteiger partial charge in [-0.25, -0.2) is 0 Å². The fraction of sp³-hybridized carbons (Fsp3) is 0. The molecule has 0 bridgehead atoms. The summed E-state index contributed by atoms with van der Waals surface area (Å²) < 4.78 is 0. The summed E-state index contributed by atoms with van der Waals surface area (Å²) in [6, 6.07) is 0. The Labute approximate surface area is 79.2 Å². The first kappa shape index (κ1) is 32.0. The third-order valence-corrected chi connectivity index (χ3v) is 0. The van der Waals surface area contributed by atoms with E-state index in [4.69, 9.17) is 0 Å². The molecule has 0 amide bonds. The van der Waals surface area contributed by atoms with Crippen molar-refractivity contribution in [3.05, 3.63) is 0 Å². The van der Waals surface area contributed by atoms with E-state index in [1.165, 1.54) is 0 Å². The van der Waals surface area contributed by atoms with Crippen LogP contribution in [0.25, 0.3) is 0 Å². The van der Waals surface area contributed by atoms with Gasteiger partial charge in [-0.2, -0.15) is 0 Å². The second-order valence-corrected chi connectivity index (χ2v) is 0. The van der Waals surface area contributed by atoms with E-state index in [-0.39, 0.29) is 80.4 Å². The second-order valence-electron chi connectivity index (χ2n) is 0. The molecule has 0 aromatic rings. The molecule has 0 atom stereocenters. The summed E-state index contributed by atoms with van der Waals surface area (Å²) >= 11 is 0. The van der Waals surface area contributed by atoms with Crippen LogP contribution in [0.3, 0.4) is 0 Å². The van der Waals surface area contributed by atoms with Crippen LogP contribution in [0.5, 0.6) is 0 Å². The zero-order valence-electron chi connectivity index (χ0n) is 2.26. The molecular formula is H3CoFeLaSi. The molecule has 27 valence electrons. The van der Waals surface area contributed by atoms with Gasteiger partial charge in [-0.1, -0.05) is 0 Å². The van der Waals surface area contributed by atoms with Crippen LogP contribution in [0.4, 0.5) is 0 Å². The molecule has 0 aliphatic heterocycles. The fourth-order valence-corrected chi connectivity index (χ4v) is 0. The normalized spacial score (nSPS) is 0. The van der Waals surface area contributed by atoms with Crippen LogP contribution >= 0.6 is 0 Å². The summed E-state index contributed by atoms with van der Waals surface area (Å²) in [7, 11) is 0. The third kappa shape index (κ3) is 8.83. The Kier molecular flexibility index (Phi) is 144. The van der Waals surface area contributed by atoms with Crippen molar-refractivity contribution < 1.29 is 69.4 Å². The molecule has 0 heterocycles. The molecule has 0 aliphatic carbocycles. The third-order valence-electron chi connectivity index (χ3n) is 0. The van der Waals surface area contributed by atoms with Gasteiger partial charge in [-0.05, 0) is 11.0 Å². The maximum atomic E-state index is 0. The smallest absolute Gasteiger partial charge is 0 e. The van der Waals surface area contributed by atoms with Crippen molar-refractivity contribution in [3.63, 3.8) is 0 Å². The van der Waals surface area contributed by atoms with Crippen LogP contribution in [0, 0.1) is 35.6 Å². The number of hydrogen-bond acceptors (Lipinski definition) is 0. The van der Waals surface area contributed by atoms with Gasteiger partial charge >= 0.3 is 0 Å². The maximum Gasteiger partial charge on any atom is 0 e. The molecule has 0 unspecified atom stereocenters. The molecule has 0 nitrogen and oxygen atoms in total. The van der Waals surface area contributed by atoms with Crippen LogP contribution in [0.1, 0.15) is 0 Å². The molecule has 0 N–H and O–H groups in total. The Bertz CT molecular complexity index is 8.00. The molecule has 4 heavy (non-hydrogen) atoms. The Morgan fingerprint density at radius 2 is 1.00 bits per heavy atom. The van der Waals surface area contributed by atoms with Gasteiger partial charge in [0.25, 0.3) is 0 Å². The largest absolute Gasteiger partial charge is 0.0125 e. The number of hydrogen-bond donors (Lipinski definition) is 0. The van der Waals surface area contributed by atoms with E-state index in [2.05, 4.69) is 0 Å². The molecule has 0 saturated carbocycles. The summed E-state index contributed by atoms with van der Waals surface area (Å²) in [6.07, 6.45) is 0. The van der Waals surface area contributed by atoms with Crippen molar-refractivity contribution in [1.29, 1.82) is 0 Å². The molecular weight excluding hydrogens is 282 g/mol. The molecule has 0 rings (SSSR count). The molecule has 4 heteroatoms. The van der Waals surface area contributed by atoms with Crippen molar-refractivity contribution >= 4 is 11.0 Å². The Hall–Kier alpha value is 2.44. The summed E-state index contributed by atoms with van der Waals surface area (Å²) in [5.74, 6) is 0. The Morgan fingerprint density at radius 1 is 1.00 bits per heavy atom. The first-order valence-corrected chi connectivity index (χ1v) is 0. The zero-order valence-corrected chi connectivity index (χ0v) is 10.0. The Morgan fingerprint density at radius 3 is 1.00 bits per heavy atom. The predicted octanol–water partition coefficient (Wildman–Crippen LogP) is -1.19. The zero-order chi connectivity index (χ0) is 0. The molecule has 3 radical (unpaired) electrons. The van der Waals surface area contributed by atoms with Gasteiger partial charge in [0.1, 0.15) is 0 Å². The molecule has 0 saturated heterocycles. The summed E-state index contributed by atoms with van der Waals surface area (Å²) in [4.78, 5) is 0. The van der Waals surface area contributed by atoms with Gasteiger partial charge in [-0.15, -0.1) is 0 Å². The van der Waals surface area contributed by atoms with Crippen LogP contribution < -0.4 is 0 Å². The van der Waals surface area contributed by atoms with Crippen LogP contribution in [-0.4, -0.2) is 11.0 Å². The quantitative estimate of drug-likeness (QED) is 0.491. The molecule has 0 aliphatic rings. The standard InChI is InChI=1S/Co.Fe.La.H3Si/h;;;1H3. The van der Waals surface area contributed by atoms with E-state index < -0.39 is 0 Å². The van der Waals surface area contributed by atoms with Crippen molar-refractivity contribution in [1.82, 2.24) is 0 Å². The summed E-state index contributed by atoms with van der Waals surface area (Å²) in [5, 5.41) is 0. The van der Waals surface area contributed by atoms with Crippen molar-refractivity contribution in [2.24, 2.45) is 0 Å². The first-order chi connectivity index (χ1) is 0. The van der Waals surface area contributed by atoms with Gasteiger partial charge in [0, 0.05) is 69.4 Å². The summed E-state index contributed by atoms with van der Waals surface area (Å²) in [5.41, 5.74) is 0. The molecule has 0 fully saturated rings. The van der Waals surface area contributed by atoms with Gasteiger partial charge < -0.3 is 0 Å². The van der Waals surface area contributed by atoms with Crippen LogP contribution in [0.2, 0.25) is 0 Å². The molecule has 0 aromatic heterocycles. The maximum absolute atomic E-state index is 0. The van der Waals surface area contributed by atoms with Crippen molar-refractivity contribution in [3.8, 4) is 0 Å². The monoisotopic (exact) mass is 285 g/mol. The van der Waals surface area contributed by atoms with Crippen LogP contribution in [-0.2, 0) is 33.8 Å². The molecule has 0 spiro atoms. The van der Waals surface area contributed by atoms with Gasteiger partial charge in [0.05, 0.1) is 0 Å². The summed E-state index contributed by atoms with van der Waals surface area (Å²) in [6.45, 7) is 0. The van der Waals surface area contributed by atoms with Gasteiger partial charge in [0.15, 0.2) is 0 Å². The topological polar surface area (TPSA) is 0 Å². The Balaban J connectivity index is 0. The fourth-order valence-electron chi connectivity index (χ4n) is 0. The average Bonchev–Trinajstić information content (AvgIpc) is 0. The van der Waals surface area contributed by atoms with Gasteiger partial charge in [-0.3, -0.25) is 0 Å². The van der Waals surface area contributed by atoms with Gasteiger partial charge in [0.2, 0.25) is 0 Å². The minimum absolute atomic E-state index is 0. The SMILES string of the molecule is [Co].[Fe].[La].[SiH3]. The van der Waals surface area contributed by atoms with Crippen molar-refractivity contribution in [2.75, 3.05) is 0 Å². The first-order valence-electron chi connectivity index (χ1n) is 0. The second kappa shape index (κ2) is 18.0. The van der Waals surface area contributed by atoms with E-state index in [9.17, 15) is 0 Å². The van der Waals surface area contributed by atoms with E-state index in [1.54, 1.807) is 0 Å². The van der Waals surface area contributed by atoms with E-state index in [0.717, 1.165) is 0 Å². The van der Waals surface area contributed by atoms with E-state index in [1.807, 2.05) is 0 Å².